The molecule has 0 unspecified atom stereocenters. The average molecular weight is 1640 g/mol. The molecule has 7 saturated heterocycles. The van der Waals surface area contributed by atoms with Gasteiger partial charge in [-0.3, -0.25) is 0 Å². The molecule has 2 aromatic rings. The van der Waals surface area contributed by atoms with Crippen LogP contribution in [-0.4, -0.2) is 252 Å². The second-order valence-electron chi connectivity index (χ2n) is 46.9. The number of aryl methyl sites for hydroxylation is 2. The molecule has 0 spiro atoms. The molecule has 117 heavy (non-hydrogen) atoms. The molecule has 2 aromatic heterocycles. The fraction of sp³-hybridized carbons (Fsp3) is 0.938. The minimum Gasteiger partial charge on any atom is -0.378 e. The Labute approximate surface area is 720 Å². The molecular formula is C96H188N20O. The lowest BCUT2D eigenvalue weighted by atomic mass is 9.79. The van der Waals surface area contributed by atoms with E-state index in [1.807, 2.05) is 13.8 Å². The van der Waals surface area contributed by atoms with Gasteiger partial charge >= 0.3 is 0 Å². The second kappa shape index (κ2) is 41.7. The van der Waals surface area contributed by atoms with E-state index in [1.165, 1.54) is 187 Å². The van der Waals surface area contributed by atoms with Crippen LogP contribution in [0.5, 0.6) is 0 Å². The SMILES string of the molecule is CCCN(CCCCCCN(C)C1CC(C)(C)NC(C)(C)C1)C1CC(C)(C)NC(C)(C)C1.Cc1nc(N2CCOCC2)nc(N(CCCCCCN(C)C2CC(C)(C)NC(C)(C)C2)C2CC(C)(C)NC(C)(C)C2)n1.Cc1nc(NC2CCCCC2)nc(N(CCCCCCN(C)C2CC(C)(C)NC(C)(C)C2)C2CC(C)(C)NC(C)(C)C2)n1.[HH]. The molecule has 7 aliphatic heterocycles. The molecule has 1 saturated carbocycles. The van der Waals surface area contributed by atoms with E-state index in [9.17, 15) is 0 Å². The van der Waals surface area contributed by atoms with Crippen molar-refractivity contribution in [2.75, 3.05) is 113 Å². The van der Waals surface area contributed by atoms with Gasteiger partial charge in [0.2, 0.25) is 23.8 Å². The lowest BCUT2D eigenvalue weighted by Gasteiger charge is -2.50. The van der Waals surface area contributed by atoms with Crippen LogP contribution < -0.4 is 51.9 Å². The summed E-state index contributed by atoms with van der Waals surface area (Å²) in [5.41, 5.74) is 1.97. The number of hydrogen-bond donors (Lipinski definition) is 7. The molecule has 8 aliphatic rings. The van der Waals surface area contributed by atoms with E-state index in [-0.39, 0.29) is 67.9 Å². The van der Waals surface area contributed by atoms with Crippen molar-refractivity contribution >= 4 is 23.8 Å². The Morgan fingerprint density at radius 3 is 0.966 bits per heavy atom. The van der Waals surface area contributed by atoms with E-state index in [4.69, 9.17) is 34.6 Å². The molecule has 8 fully saturated rings. The number of rotatable bonds is 34. The summed E-state index contributed by atoms with van der Waals surface area (Å²) in [6.45, 7) is 74.1. The van der Waals surface area contributed by atoms with E-state index in [2.05, 4.69) is 266 Å². The van der Waals surface area contributed by atoms with E-state index in [0.29, 0.717) is 36.3 Å². The van der Waals surface area contributed by atoms with Crippen LogP contribution in [0.2, 0.25) is 0 Å². The molecule has 0 amide bonds. The number of hydrogen-bond acceptors (Lipinski definition) is 21. The van der Waals surface area contributed by atoms with E-state index >= 15 is 0 Å². The zero-order chi connectivity index (χ0) is 86.4. The van der Waals surface area contributed by atoms with E-state index < -0.39 is 0 Å². The van der Waals surface area contributed by atoms with Crippen LogP contribution in [0.25, 0.3) is 0 Å². The summed E-state index contributed by atoms with van der Waals surface area (Å²) >= 11 is 0. The van der Waals surface area contributed by atoms with Gasteiger partial charge in [0.25, 0.3) is 0 Å². The van der Waals surface area contributed by atoms with Crippen LogP contribution in [0.15, 0.2) is 0 Å². The van der Waals surface area contributed by atoms with Crippen LogP contribution in [0, 0.1) is 13.8 Å². The molecule has 21 nitrogen and oxygen atoms in total. The fourth-order valence-corrected chi connectivity index (χ4v) is 24.0. The van der Waals surface area contributed by atoms with Gasteiger partial charge in [-0.15, -0.1) is 0 Å². The van der Waals surface area contributed by atoms with Crippen molar-refractivity contribution in [3.05, 3.63) is 11.6 Å². The summed E-state index contributed by atoms with van der Waals surface area (Å²) in [6, 6.07) is 3.98. The third-order valence-corrected chi connectivity index (χ3v) is 27.0. The van der Waals surface area contributed by atoms with Gasteiger partial charge in [0.1, 0.15) is 11.6 Å². The number of piperidine rings is 6. The summed E-state index contributed by atoms with van der Waals surface area (Å²) in [5, 5.41) is 26.8. The maximum absolute atomic E-state index is 5.59. The number of morpholine rings is 1. The monoisotopic (exact) mass is 1640 g/mol. The normalized spacial score (nSPS) is 24.6. The Hall–Kier alpha value is -3.22. The largest absolute Gasteiger partial charge is 0.378 e. The lowest BCUT2D eigenvalue weighted by Crippen LogP contribution is -2.62. The van der Waals surface area contributed by atoms with Gasteiger partial charge in [0.05, 0.1) is 13.2 Å². The highest BCUT2D eigenvalue weighted by Gasteiger charge is 2.46. The number of unbranched alkanes of at least 4 members (excludes halogenated alkanes) is 9. The Morgan fingerprint density at radius 1 is 0.342 bits per heavy atom. The molecule has 21 heteroatoms. The van der Waals surface area contributed by atoms with Crippen molar-refractivity contribution in [3.63, 3.8) is 0 Å². The molecule has 0 radical (unpaired) electrons. The highest BCUT2D eigenvalue weighted by molar-refractivity contribution is 5.42. The van der Waals surface area contributed by atoms with Crippen molar-refractivity contribution in [3.8, 4) is 0 Å². The number of ether oxygens (including phenoxy) is 1. The van der Waals surface area contributed by atoms with Gasteiger partial charge in [0.15, 0.2) is 0 Å². The average Bonchev–Trinajstić information content (AvgIpc) is 0.798. The quantitative estimate of drug-likeness (QED) is 0.0327. The van der Waals surface area contributed by atoms with Crippen molar-refractivity contribution < 1.29 is 6.16 Å². The summed E-state index contributed by atoms with van der Waals surface area (Å²) < 4.78 is 5.59. The van der Waals surface area contributed by atoms with Crippen LogP contribution in [0.4, 0.5) is 23.8 Å². The van der Waals surface area contributed by atoms with Crippen molar-refractivity contribution in [2.45, 2.75) is 488 Å². The van der Waals surface area contributed by atoms with Crippen molar-refractivity contribution in [2.24, 2.45) is 0 Å². The maximum atomic E-state index is 5.59. The number of aromatic nitrogens is 6. The molecule has 7 N–H and O–H groups in total. The van der Waals surface area contributed by atoms with Gasteiger partial charge in [-0.25, -0.2) is 0 Å². The van der Waals surface area contributed by atoms with Crippen molar-refractivity contribution in [1.82, 2.24) is 81.4 Å². The molecular weight excluding hydrogens is 1450 g/mol. The first-order valence-corrected chi connectivity index (χ1v) is 47.9. The molecule has 0 atom stereocenters. The van der Waals surface area contributed by atoms with Crippen LogP contribution in [-0.2, 0) is 4.74 Å². The third kappa shape index (κ3) is 33.7. The Balaban J connectivity index is 0.000000246. The summed E-state index contributed by atoms with van der Waals surface area (Å²) in [4.78, 5) is 47.5. The minimum absolute atomic E-state index is 0. The Morgan fingerprint density at radius 2 is 0.632 bits per heavy atom. The second-order valence-corrected chi connectivity index (χ2v) is 46.9. The summed E-state index contributed by atoms with van der Waals surface area (Å²) in [7, 11) is 7.03. The minimum atomic E-state index is 0. The lowest BCUT2D eigenvalue weighted by molar-refractivity contribution is 0.0644. The van der Waals surface area contributed by atoms with Crippen LogP contribution in [0.1, 0.15) is 379 Å². The topological polar surface area (TPSA) is 193 Å². The maximum Gasteiger partial charge on any atom is 0.230 e. The zero-order valence-corrected chi connectivity index (χ0v) is 81.8. The summed E-state index contributed by atoms with van der Waals surface area (Å²) in [6.07, 6.45) is 37.1. The first-order valence-electron chi connectivity index (χ1n) is 47.9. The van der Waals surface area contributed by atoms with Crippen LogP contribution >= 0.6 is 0 Å². The van der Waals surface area contributed by atoms with Gasteiger partial charge in [0, 0.05) is 136 Å². The standard InChI is InChI=1S/C35H66N8.C33H62N8O.C28H58N4.H2/c1-26-36-30(38-27-18-14-13-15-19-27)39-31(37-26)43(29-24-34(6,7)41-35(8,9)25-29)21-17-12-11-16-20-42(10)28-22-32(2,3)40-33(4,5)23-28;1-25-34-28(40-17-19-42-20-18-40)36-29(35-25)41(27-23-32(6,7)38-33(8,9)24-27)16-14-12-11-13-15-39(10)26-21-30(2,3)37-31(4,5)22-26;1-11-16-32(24-21-27(6,7)30-28(8,9)22-24)18-15-13-12-14-17-31(10)23-19-25(2,3)29-26(4,5)20-23;/h27-29,40-41H,11-25H2,1-10H3,(H,36,37,38,39);26-27,37-38H,11-24H2,1-10H3;23-24,29-30H,11-22H2,1-10H3;1H. The van der Waals surface area contributed by atoms with Gasteiger partial charge < -0.3 is 76.3 Å². The highest BCUT2D eigenvalue weighted by Crippen LogP contribution is 2.40. The Bertz CT molecular complexity index is 3190. The first kappa shape index (κ1) is 99.2. The first-order chi connectivity index (χ1) is 54.2. The highest BCUT2D eigenvalue weighted by atomic mass is 16.5. The smallest absolute Gasteiger partial charge is 0.230 e. The number of nitrogens with one attached hydrogen (secondary N) is 7. The predicted molar refractivity (Wildman–Crippen MR) is 501 cm³/mol. The fourth-order valence-electron chi connectivity index (χ4n) is 24.0. The van der Waals surface area contributed by atoms with E-state index in [0.717, 1.165) is 119 Å². The molecule has 0 bridgehead atoms. The number of anilines is 4. The van der Waals surface area contributed by atoms with Crippen molar-refractivity contribution in [1.29, 1.82) is 0 Å². The summed E-state index contributed by atoms with van der Waals surface area (Å²) in [5.74, 6) is 4.88. The number of nitrogens with zero attached hydrogens (tertiary/aromatic N) is 13. The molecule has 678 valence electrons. The van der Waals surface area contributed by atoms with E-state index in [1.54, 1.807) is 0 Å². The molecule has 0 aromatic carbocycles. The van der Waals surface area contributed by atoms with Gasteiger partial charge in [-0.1, -0.05) is 64.7 Å². The van der Waals surface area contributed by atoms with Gasteiger partial charge in [-0.05, 0) is 369 Å². The van der Waals surface area contributed by atoms with Gasteiger partial charge in [-0.2, -0.15) is 29.9 Å². The van der Waals surface area contributed by atoms with Crippen LogP contribution in [0.3, 0.4) is 0 Å². The predicted octanol–water partition coefficient (Wildman–Crippen LogP) is 17.8. The zero-order valence-electron chi connectivity index (χ0n) is 81.8. The third-order valence-electron chi connectivity index (χ3n) is 27.0. The Kier molecular flexibility index (Phi) is 35.4. The molecule has 9 heterocycles. The molecule has 10 rings (SSSR count). The molecule has 1 aliphatic carbocycles.